The molecule has 1 aromatic carbocycles. The highest BCUT2D eigenvalue weighted by Gasteiger charge is 2.15. The second kappa shape index (κ2) is 7.19. The second-order valence-corrected chi connectivity index (χ2v) is 3.78. The number of benzene rings is 1. The molecule has 0 aromatic heterocycles. The van der Waals surface area contributed by atoms with E-state index in [1.165, 1.54) is 19.1 Å². The number of carbonyl (C=O) groups is 2. The van der Waals surface area contributed by atoms with E-state index in [1.807, 2.05) is 0 Å². The van der Waals surface area contributed by atoms with Crippen molar-refractivity contribution in [2.45, 2.75) is 0 Å². The van der Waals surface area contributed by atoms with Crippen molar-refractivity contribution < 1.29 is 19.4 Å². The Morgan fingerprint density at radius 2 is 2.16 bits per heavy atom. The lowest BCUT2D eigenvalue weighted by Crippen LogP contribution is -2.32. The van der Waals surface area contributed by atoms with Crippen molar-refractivity contribution in [2.75, 3.05) is 27.3 Å². The number of carbonyl (C=O) groups excluding carboxylic acids is 2. The Labute approximate surface area is 111 Å². The summed E-state index contributed by atoms with van der Waals surface area (Å²) >= 11 is 0. The lowest BCUT2D eigenvalue weighted by Gasteiger charge is -2.15. The molecule has 0 aliphatic rings. The van der Waals surface area contributed by atoms with E-state index >= 15 is 0 Å². The van der Waals surface area contributed by atoms with Crippen LogP contribution in [0.4, 0.5) is 0 Å². The monoisotopic (exact) mass is 261 g/mol. The molecule has 1 amide bonds. The van der Waals surface area contributed by atoms with Crippen LogP contribution in [0.15, 0.2) is 24.3 Å². The number of rotatable bonds is 3. The maximum atomic E-state index is 12.0. The number of aliphatic hydroxyl groups is 1. The zero-order valence-corrected chi connectivity index (χ0v) is 10.8. The third kappa shape index (κ3) is 4.45. The Kier molecular flexibility index (Phi) is 5.58. The van der Waals surface area contributed by atoms with Crippen LogP contribution >= 0.6 is 0 Å². The number of aliphatic hydroxyl groups excluding tert-OH is 1. The summed E-state index contributed by atoms with van der Waals surface area (Å²) in [4.78, 5) is 24.4. The van der Waals surface area contributed by atoms with Gasteiger partial charge in [-0.2, -0.15) is 0 Å². The van der Waals surface area contributed by atoms with Crippen LogP contribution in [-0.4, -0.2) is 49.2 Å². The Balaban J connectivity index is 2.84. The summed E-state index contributed by atoms with van der Waals surface area (Å²) in [7, 11) is 2.79. The van der Waals surface area contributed by atoms with Gasteiger partial charge < -0.3 is 14.7 Å². The number of nitrogens with zero attached hydrogens (tertiary/aromatic N) is 1. The highest BCUT2D eigenvalue weighted by Crippen LogP contribution is 2.07. The lowest BCUT2D eigenvalue weighted by atomic mass is 10.1. The lowest BCUT2D eigenvalue weighted by molar-refractivity contribution is -0.141. The van der Waals surface area contributed by atoms with Crippen molar-refractivity contribution in [1.82, 2.24) is 4.90 Å². The predicted octanol–water partition coefficient (Wildman–Crippen LogP) is 0.275. The van der Waals surface area contributed by atoms with Gasteiger partial charge in [0.15, 0.2) is 0 Å². The summed E-state index contributed by atoms with van der Waals surface area (Å²) in [5, 5.41) is 8.62. The maximum absolute atomic E-state index is 12.0. The van der Waals surface area contributed by atoms with Gasteiger partial charge in [-0.05, 0) is 18.2 Å². The van der Waals surface area contributed by atoms with Crippen molar-refractivity contribution >= 4 is 11.9 Å². The van der Waals surface area contributed by atoms with Gasteiger partial charge in [-0.15, -0.1) is 0 Å². The molecule has 0 aliphatic carbocycles. The summed E-state index contributed by atoms with van der Waals surface area (Å²) < 4.78 is 4.50. The average molecular weight is 261 g/mol. The number of likely N-dealkylation sites (N-methyl/N-ethyl adjacent to an activating group) is 1. The summed E-state index contributed by atoms with van der Waals surface area (Å²) in [6, 6.07) is 6.68. The standard InChI is InChI=1S/C14H15NO4/c1-15(10-13(17)19-2)14(18)12-7-3-5-11(9-12)6-4-8-16/h3,5,7,9,16H,8,10H2,1-2H3. The van der Waals surface area contributed by atoms with Gasteiger partial charge in [0, 0.05) is 18.2 Å². The maximum Gasteiger partial charge on any atom is 0.325 e. The van der Waals surface area contributed by atoms with Crippen molar-refractivity contribution in [2.24, 2.45) is 0 Å². The molecule has 0 saturated heterocycles. The highest BCUT2D eigenvalue weighted by atomic mass is 16.5. The minimum absolute atomic E-state index is 0.109. The average Bonchev–Trinajstić information content (AvgIpc) is 2.44. The van der Waals surface area contributed by atoms with Gasteiger partial charge in [0.25, 0.3) is 5.91 Å². The van der Waals surface area contributed by atoms with E-state index < -0.39 is 5.97 Å². The van der Waals surface area contributed by atoms with Gasteiger partial charge in [0.05, 0.1) is 7.11 Å². The zero-order valence-electron chi connectivity index (χ0n) is 10.8. The number of esters is 1. The molecule has 0 unspecified atom stereocenters. The van der Waals surface area contributed by atoms with Gasteiger partial charge in [0.2, 0.25) is 0 Å². The van der Waals surface area contributed by atoms with Crippen LogP contribution in [0.2, 0.25) is 0 Å². The quantitative estimate of drug-likeness (QED) is 0.626. The van der Waals surface area contributed by atoms with Crippen molar-refractivity contribution in [3.05, 3.63) is 35.4 Å². The van der Waals surface area contributed by atoms with Crippen molar-refractivity contribution in [1.29, 1.82) is 0 Å². The second-order valence-electron chi connectivity index (χ2n) is 3.78. The fraction of sp³-hybridized carbons (Fsp3) is 0.286. The third-order valence-corrected chi connectivity index (χ3v) is 2.36. The molecule has 0 aliphatic heterocycles. The number of ether oxygens (including phenoxy) is 1. The molecule has 0 saturated carbocycles. The van der Waals surface area contributed by atoms with Crippen LogP contribution in [0.25, 0.3) is 0 Å². The molecule has 1 rings (SSSR count). The largest absolute Gasteiger partial charge is 0.468 e. The van der Waals surface area contributed by atoms with Gasteiger partial charge in [0.1, 0.15) is 13.2 Å². The van der Waals surface area contributed by atoms with E-state index in [2.05, 4.69) is 16.6 Å². The zero-order chi connectivity index (χ0) is 14.3. The summed E-state index contributed by atoms with van der Waals surface area (Å²) in [6.45, 7) is -0.345. The Bertz CT molecular complexity index is 528. The van der Waals surface area contributed by atoms with Gasteiger partial charge in [-0.25, -0.2) is 0 Å². The smallest absolute Gasteiger partial charge is 0.325 e. The highest BCUT2D eigenvalue weighted by molar-refractivity contribution is 5.96. The topological polar surface area (TPSA) is 66.8 Å². The first kappa shape index (κ1) is 14.7. The van der Waals surface area contributed by atoms with E-state index in [-0.39, 0.29) is 19.1 Å². The molecule has 1 aromatic rings. The van der Waals surface area contributed by atoms with Crippen LogP contribution in [0.1, 0.15) is 15.9 Å². The van der Waals surface area contributed by atoms with E-state index in [0.717, 1.165) is 0 Å². The predicted molar refractivity (Wildman–Crippen MR) is 69.4 cm³/mol. The van der Waals surface area contributed by atoms with Gasteiger partial charge >= 0.3 is 5.97 Å². The summed E-state index contributed by atoms with van der Waals surface area (Å²) in [5.41, 5.74) is 1.06. The molecule has 0 fully saturated rings. The minimum atomic E-state index is -0.480. The first-order chi connectivity index (χ1) is 9.08. The van der Waals surface area contributed by atoms with Crippen LogP contribution in [0, 0.1) is 11.8 Å². The Morgan fingerprint density at radius 1 is 1.42 bits per heavy atom. The van der Waals surface area contributed by atoms with Crippen LogP contribution in [0.5, 0.6) is 0 Å². The molecule has 1 N–H and O–H groups in total. The molecule has 5 nitrogen and oxygen atoms in total. The fourth-order valence-corrected chi connectivity index (χ4v) is 1.42. The van der Waals surface area contributed by atoms with Crippen LogP contribution in [-0.2, 0) is 9.53 Å². The molecule has 0 bridgehead atoms. The van der Waals surface area contributed by atoms with Crippen LogP contribution in [0.3, 0.4) is 0 Å². The van der Waals surface area contributed by atoms with E-state index in [0.29, 0.717) is 11.1 Å². The molecular formula is C14H15NO4. The number of hydrogen-bond acceptors (Lipinski definition) is 4. The summed E-state index contributed by atoms with van der Waals surface area (Å²) in [5.74, 6) is 4.45. The molecule has 5 heteroatoms. The third-order valence-electron chi connectivity index (χ3n) is 2.36. The van der Waals surface area contributed by atoms with E-state index in [9.17, 15) is 9.59 Å². The molecular weight excluding hydrogens is 246 g/mol. The Hall–Kier alpha value is -2.32. The molecule has 0 heterocycles. The molecule has 0 spiro atoms. The Morgan fingerprint density at radius 3 is 2.79 bits per heavy atom. The van der Waals surface area contributed by atoms with E-state index in [4.69, 9.17) is 5.11 Å². The number of methoxy groups -OCH3 is 1. The first-order valence-corrected chi connectivity index (χ1v) is 5.60. The summed E-state index contributed by atoms with van der Waals surface area (Å²) in [6.07, 6.45) is 0. The normalized spacial score (nSPS) is 9.21. The fourth-order valence-electron chi connectivity index (χ4n) is 1.42. The molecule has 0 radical (unpaired) electrons. The van der Waals surface area contributed by atoms with Gasteiger partial charge in [-0.1, -0.05) is 17.9 Å². The SMILES string of the molecule is COC(=O)CN(C)C(=O)c1cccc(C#CCO)c1. The number of hydrogen-bond donors (Lipinski definition) is 1. The van der Waals surface area contributed by atoms with Crippen molar-refractivity contribution in [3.8, 4) is 11.8 Å². The molecule has 0 atom stereocenters. The van der Waals surface area contributed by atoms with Crippen molar-refractivity contribution in [3.63, 3.8) is 0 Å². The van der Waals surface area contributed by atoms with E-state index in [1.54, 1.807) is 24.3 Å². The number of amides is 1. The van der Waals surface area contributed by atoms with Gasteiger partial charge in [-0.3, -0.25) is 9.59 Å². The van der Waals surface area contributed by atoms with Crippen LogP contribution < -0.4 is 0 Å². The molecule has 100 valence electrons. The first-order valence-electron chi connectivity index (χ1n) is 5.60. The minimum Gasteiger partial charge on any atom is -0.468 e. The molecule has 19 heavy (non-hydrogen) atoms.